The maximum atomic E-state index is 12.9. The summed E-state index contributed by atoms with van der Waals surface area (Å²) in [5.74, 6) is -0.0140. The highest BCUT2D eigenvalue weighted by Crippen LogP contribution is 2.27. The molecule has 10 heteroatoms. The standard InChI is InChI=1S/C19H21FN4O4S/c1-10(2)22-18(26)16-14-9-29-17(21)15(14)19(27)24(23-16)11-3-5-13(6-4-11)28-8-12(25)7-20/h3-6,9-10,12,25H,7-8,21H2,1-2H3,(H,22,26)/i20-1. The Bertz CT molecular complexity index is 1080. The number of hydrogen-bond donors (Lipinski definition) is 3. The van der Waals surface area contributed by atoms with Crippen LogP contribution in [-0.2, 0) is 0 Å². The fourth-order valence-corrected chi connectivity index (χ4v) is 3.46. The molecule has 0 saturated heterocycles. The Kier molecular flexibility index (Phi) is 6.14. The van der Waals surface area contributed by atoms with Crippen molar-refractivity contribution in [2.75, 3.05) is 19.0 Å². The van der Waals surface area contributed by atoms with Crippen LogP contribution in [0.4, 0.5) is 9.39 Å². The van der Waals surface area contributed by atoms with E-state index in [0.29, 0.717) is 21.8 Å². The van der Waals surface area contributed by atoms with Gasteiger partial charge < -0.3 is 20.9 Å². The van der Waals surface area contributed by atoms with Crippen LogP contribution in [0.2, 0.25) is 0 Å². The van der Waals surface area contributed by atoms with Gasteiger partial charge >= 0.3 is 0 Å². The van der Waals surface area contributed by atoms with Crippen LogP contribution in [0, 0.1) is 0 Å². The van der Waals surface area contributed by atoms with Gasteiger partial charge in [-0.05, 0) is 38.1 Å². The quantitative estimate of drug-likeness (QED) is 0.538. The molecule has 3 rings (SSSR count). The van der Waals surface area contributed by atoms with Gasteiger partial charge in [0.2, 0.25) is 0 Å². The largest absolute Gasteiger partial charge is 0.491 e. The number of fused-ring (bicyclic) bond motifs is 1. The molecule has 0 fully saturated rings. The molecule has 0 radical (unpaired) electrons. The number of amides is 1. The first kappa shape index (κ1) is 20.7. The van der Waals surface area contributed by atoms with E-state index in [1.807, 2.05) is 13.8 Å². The lowest BCUT2D eigenvalue weighted by Gasteiger charge is -2.12. The molecule has 1 amide bonds. The van der Waals surface area contributed by atoms with Crippen molar-refractivity contribution in [3.8, 4) is 11.4 Å². The second-order valence-corrected chi connectivity index (χ2v) is 7.61. The summed E-state index contributed by atoms with van der Waals surface area (Å²) >= 11 is 1.17. The molecule has 1 aromatic carbocycles. The number of carbonyl (C=O) groups excluding carboxylic acids is 1. The van der Waals surface area contributed by atoms with Crippen molar-refractivity contribution in [3.05, 3.63) is 45.7 Å². The van der Waals surface area contributed by atoms with E-state index in [0.717, 1.165) is 4.68 Å². The lowest BCUT2D eigenvalue weighted by atomic mass is 10.2. The third kappa shape index (κ3) is 4.38. The lowest BCUT2D eigenvalue weighted by Crippen LogP contribution is -2.33. The van der Waals surface area contributed by atoms with Crippen molar-refractivity contribution < 1.29 is 19.0 Å². The molecule has 3 aromatic rings. The van der Waals surface area contributed by atoms with Crippen molar-refractivity contribution >= 4 is 33.0 Å². The number of thiophene rings is 1. The molecule has 2 aromatic heterocycles. The Morgan fingerprint density at radius 1 is 1.38 bits per heavy atom. The van der Waals surface area contributed by atoms with Crippen LogP contribution in [0.5, 0.6) is 5.75 Å². The number of nitrogens with zero attached hydrogens (tertiary/aromatic N) is 2. The number of nitrogens with one attached hydrogen (secondary N) is 1. The summed E-state index contributed by atoms with van der Waals surface area (Å²) in [5, 5.41) is 18.9. The normalized spacial score (nSPS) is 12.3. The van der Waals surface area contributed by atoms with Crippen LogP contribution < -0.4 is 21.3 Å². The third-order valence-corrected chi connectivity index (χ3v) is 4.83. The minimum Gasteiger partial charge on any atom is -0.491 e. The summed E-state index contributed by atoms with van der Waals surface area (Å²) < 4.78 is 18.7. The Balaban J connectivity index is 2.03. The molecule has 4 N–H and O–H groups in total. The molecule has 0 aliphatic carbocycles. The maximum absolute atomic E-state index is 12.9. The highest BCUT2D eigenvalue weighted by molar-refractivity contribution is 7.15. The van der Waals surface area contributed by atoms with Crippen molar-refractivity contribution in [3.63, 3.8) is 0 Å². The number of aromatic nitrogens is 2. The van der Waals surface area contributed by atoms with Crippen LogP contribution in [0.25, 0.3) is 16.5 Å². The fourth-order valence-electron chi connectivity index (χ4n) is 2.67. The highest BCUT2D eigenvalue weighted by Gasteiger charge is 2.21. The van der Waals surface area contributed by atoms with E-state index in [9.17, 15) is 19.1 Å². The van der Waals surface area contributed by atoms with E-state index in [-0.39, 0.29) is 23.7 Å². The zero-order valence-corrected chi connectivity index (χ0v) is 16.7. The zero-order chi connectivity index (χ0) is 21.1. The van der Waals surface area contributed by atoms with Crippen molar-refractivity contribution in [1.82, 2.24) is 15.1 Å². The van der Waals surface area contributed by atoms with Gasteiger partial charge in [-0.2, -0.15) is 9.78 Å². The van der Waals surface area contributed by atoms with Gasteiger partial charge in [-0.3, -0.25) is 9.59 Å². The van der Waals surface area contributed by atoms with Crippen LogP contribution >= 0.6 is 11.3 Å². The Morgan fingerprint density at radius 2 is 2.07 bits per heavy atom. The van der Waals surface area contributed by atoms with Gasteiger partial charge in [0.15, 0.2) is 5.69 Å². The van der Waals surface area contributed by atoms with Gasteiger partial charge in [-0.25, -0.2) is 4.39 Å². The van der Waals surface area contributed by atoms with Crippen molar-refractivity contribution in [2.24, 2.45) is 0 Å². The summed E-state index contributed by atoms with van der Waals surface area (Å²) in [4.78, 5) is 25.5. The van der Waals surface area contributed by atoms with Crippen LogP contribution in [-0.4, -0.2) is 46.2 Å². The molecule has 0 aliphatic heterocycles. The average Bonchev–Trinajstić information content (AvgIpc) is 3.08. The zero-order valence-electron chi connectivity index (χ0n) is 15.9. The first-order chi connectivity index (χ1) is 13.8. The number of nitrogen functional groups attached to an aromatic ring is 1. The number of benzene rings is 1. The summed E-state index contributed by atoms with van der Waals surface area (Å²) in [6, 6.07) is 6.16. The van der Waals surface area contributed by atoms with E-state index in [1.54, 1.807) is 29.6 Å². The molecule has 2 heterocycles. The molecule has 1 atom stereocenters. The smallest absolute Gasteiger partial charge is 0.282 e. The molecular formula is C19H21FN4O4S. The van der Waals surface area contributed by atoms with Gasteiger partial charge in [0.1, 0.15) is 25.1 Å². The number of aliphatic hydroxyl groups is 1. The van der Waals surface area contributed by atoms with Crippen molar-refractivity contribution in [1.29, 1.82) is 0 Å². The topological polar surface area (TPSA) is 119 Å². The van der Waals surface area contributed by atoms with Gasteiger partial charge in [0.05, 0.1) is 16.1 Å². The van der Waals surface area contributed by atoms with E-state index < -0.39 is 24.2 Å². The first-order valence-electron chi connectivity index (χ1n) is 8.90. The van der Waals surface area contributed by atoms with E-state index >= 15 is 0 Å². The molecule has 1 unspecified atom stereocenters. The molecule has 0 bridgehead atoms. The number of anilines is 1. The fraction of sp³-hybridized carbons (Fsp3) is 0.316. The summed E-state index contributed by atoms with van der Waals surface area (Å²) in [7, 11) is 0. The number of ether oxygens (including phenoxy) is 1. The lowest BCUT2D eigenvalue weighted by molar-refractivity contribution is 0.0842. The summed E-state index contributed by atoms with van der Waals surface area (Å²) in [5.41, 5.74) is 6.03. The SMILES string of the molecule is CC(C)NC(=O)c1nn(-c2ccc(OCC(O)C[18F])cc2)c(=O)c2c(N)scc12. The molecule has 0 spiro atoms. The minimum absolute atomic E-state index is 0.104. The van der Waals surface area contributed by atoms with Gasteiger partial charge in [0.25, 0.3) is 11.5 Å². The Labute approximate surface area is 169 Å². The van der Waals surface area contributed by atoms with Gasteiger partial charge in [0, 0.05) is 16.8 Å². The van der Waals surface area contributed by atoms with E-state index in [4.69, 9.17) is 10.5 Å². The molecule has 29 heavy (non-hydrogen) atoms. The van der Waals surface area contributed by atoms with Gasteiger partial charge in [-0.1, -0.05) is 0 Å². The molecule has 154 valence electrons. The monoisotopic (exact) mass is 419 g/mol. The highest BCUT2D eigenvalue weighted by atomic mass is 32.1. The number of aliphatic hydroxyl groups excluding tert-OH is 1. The number of carbonyl (C=O) groups is 1. The van der Waals surface area contributed by atoms with E-state index in [2.05, 4.69) is 10.4 Å². The maximum Gasteiger partial charge on any atom is 0.282 e. The number of nitrogens with two attached hydrogens (primary N) is 1. The first-order valence-corrected chi connectivity index (χ1v) is 9.78. The van der Waals surface area contributed by atoms with Crippen LogP contribution in [0.1, 0.15) is 24.3 Å². The Morgan fingerprint density at radius 3 is 2.69 bits per heavy atom. The van der Waals surface area contributed by atoms with Crippen LogP contribution in [0.15, 0.2) is 34.4 Å². The summed E-state index contributed by atoms with van der Waals surface area (Å²) in [6.45, 7) is 2.56. The number of alkyl halides is 1. The third-order valence-electron chi connectivity index (χ3n) is 4.02. The Hall–Kier alpha value is -2.98. The molecular weight excluding hydrogens is 398 g/mol. The molecule has 8 nitrogen and oxygen atoms in total. The average molecular weight is 419 g/mol. The van der Waals surface area contributed by atoms with Gasteiger partial charge in [-0.15, -0.1) is 11.3 Å². The summed E-state index contributed by atoms with van der Waals surface area (Å²) in [6.07, 6.45) is -1.20. The second-order valence-electron chi connectivity index (χ2n) is 6.70. The predicted octanol–water partition coefficient (Wildman–Crippen LogP) is 1.88. The molecule has 0 aliphatic rings. The van der Waals surface area contributed by atoms with Crippen LogP contribution in [0.3, 0.4) is 0 Å². The minimum atomic E-state index is -1.20. The predicted molar refractivity (Wildman–Crippen MR) is 110 cm³/mol. The van der Waals surface area contributed by atoms with E-state index in [1.165, 1.54) is 11.3 Å². The number of halogens is 1. The van der Waals surface area contributed by atoms with Crippen molar-refractivity contribution in [2.45, 2.75) is 26.0 Å². The molecule has 0 saturated carbocycles. The number of rotatable bonds is 7. The number of hydrogen-bond acceptors (Lipinski definition) is 7. The second kappa shape index (κ2) is 8.58.